The summed E-state index contributed by atoms with van der Waals surface area (Å²) < 4.78 is 5.51. The second-order valence-electron chi connectivity index (χ2n) is 6.27. The third-order valence-electron chi connectivity index (χ3n) is 4.62. The van der Waals surface area contributed by atoms with Crippen LogP contribution in [0.1, 0.15) is 5.82 Å². The molecule has 0 fully saturated rings. The van der Waals surface area contributed by atoms with Crippen LogP contribution in [0, 0.1) is 6.92 Å². The van der Waals surface area contributed by atoms with E-state index >= 15 is 0 Å². The molecule has 5 rings (SSSR count). The van der Waals surface area contributed by atoms with Gasteiger partial charge in [-0.25, -0.2) is 9.97 Å². The number of aromatic amines is 1. The molecule has 0 unspecified atom stereocenters. The highest BCUT2D eigenvalue weighted by Crippen LogP contribution is 2.36. The lowest BCUT2D eigenvalue weighted by atomic mass is 10.0. The predicted molar refractivity (Wildman–Crippen MR) is 103 cm³/mol. The van der Waals surface area contributed by atoms with Crippen LogP contribution in [-0.4, -0.2) is 27.0 Å². The van der Waals surface area contributed by atoms with Gasteiger partial charge in [0.1, 0.15) is 17.1 Å². The first-order valence-electron chi connectivity index (χ1n) is 8.43. The maximum absolute atomic E-state index is 5.51. The number of aromatic nitrogens is 4. The van der Waals surface area contributed by atoms with E-state index in [1.54, 1.807) is 13.3 Å². The number of fused-ring (bicyclic) bond motifs is 4. The molecule has 0 saturated heterocycles. The fraction of sp³-hybridized carbons (Fsp3) is 0.0952. The van der Waals surface area contributed by atoms with Crippen molar-refractivity contribution in [3.8, 4) is 17.0 Å². The lowest BCUT2D eigenvalue weighted by Crippen LogP contribution is -1.93. The van der Waals surface area contributed by atoms with Crippen LogP contribution in [0.3, 0.4) is 0 Å². The largest absolute Gasteiger partial charge is 0.497 e. The van der Waals surface area contributed by atoms with Crippen molar-refractivity contribution in [3.63, 3.8) is 0 Å². The molecule has 0 amide bonds. The summed E-state index contributed by atoms with van der Waals surface area (Å²) in [4.78, 5) is 17.6. The Morgan fingerprint density at radius 2 is 1.85 bits per heavy atom. The number of para-hydroxylation sites is 1. The number of hydrogen-bond acceptors (Lipinski definition) is 4. The Bertz CT molecular complexity index is 1290. The summed E-state index contributed by atoms with van der Waals surface area (Å²) >= 11 is 0. The number of pyridine rings is 2. The van der Waals surface area contributed by atoms with Crippen molar-refractivity contribution in [2.75, 3.05) is 7.11 Å². The van der Waals surface area contributed by atoms with Gasteiger partial charge in [-0.15, -0.1) is 0 Å². The van der Waals surface area contributed by atoms with Gasteiger partial charge in [-0.1, -0.05) is 24.3 Å². The summed E-state index contributed by atoms with van der Waals surface area (Å²) in [5.74, 6) is 1.64. The van der Waals surface area contributed by atoms with Crippen molar-refractivity contribution >= 4 is 32.8 Å². The molecule has 0 atom stereocenters. The second-order valence-corrected chi connectivity index (χ2v) is 6.27. The van der Waals surface area contributed by atoms with Crippen LogP contribution >= 0.6 is 0 Å². The Hall–Kier alpha value is -3.47. The zero-order valence-corrected chi connectivity index (χ0v) is 14.4. The monoisotopic (exact) mass is 340 g/mol. The predicted octanol–water partition coefficient (Wildman–Crippen LogP) is 4.64. The molecule has 0 aliphatic rings. The summed E-state index contributed by atoms with van der Waals surface area (Å²) in [6.07, 6.45) is 1.80. The molecular weight excluding hydrogens is 324 g/mol. The van der Waals surface area contributed by atoms with Crippen molar-refractivity contribution in [1.82, 2.24) is 19.9 Å². The van der Waals surface area contributed by atoms with Gasteiger partial charge >= 0.3 is 0 Å². The topological polar surface area (TPSA) is 63.7 Å². The quantitative estimate of drug-likeness (QED) is 0.508. The minimum atomic E-state index is 0.778. The minimum Gasteiger partial charge on any atom is -0.497 e. The average Bonchev–Trinajstić information content (AvgIpc) is 3.08. The number of hydrogen-bond donors (Lipinski definition) is 1. The molecule has 3 aromatic heterocycles. The number of aryl methyl sites for hydroxylation is 1. The Labute approximate surface area is 149 Å². The molecule has 1 N–H and O–H groups in total. The molecule has 0 bridgehead atoms. The van der Waals surface area contributed by atoms with E-state index in [-0.39, 0.29) is 0 Å². The molecule has 5 nitrogen and oxygen atoms in total. The molecule has 2 aromatic carbocycles. The first kappa shape index (κ1) is 14.8. The van der Waals surface area contributed by atoms with Crippen molar-refractivity contribution < 1.29 is 4.74 Å². The first-order chi connectivity index (χ1) is 12.7. The third-order valence-corrected chi connectivity index (χ3v) is 4.62. The number of benzene rings is 2. The molecule has 0 aliphatic carbocycles. The van der Waals surface area contributed by atoms with E-state index in [1.807, 2.05) is 49.4 Å². The van der Waals surface area contributed by atoms with Crippen molar-refractivity contribution in [2.24, 2.45) is 0 Å². The van der Waals surface area contributed by atoms with Crippen LogP contribution in [0.2, 0.25) is 0 Å². The molecule has 3 heterocycles. The Kier molecular flexibility index (Phi) is 3.15. The van der Waals surface area contributed by atoms with E-state index in [0.29, 0.717) is 0 Å². The number of methoxy groups -OCH3 is 1. The molecule has 0 aliphatic heterocycles. The SMILES string of the molecule is COc1cc(-c2nc3ccccc3c3nc(C)[nH]c23)c2ncccc2c1. The lowest BCUT2D eigenvalue weighted by Gasteiger charge is -2.10. The van der Waals surface area contributed by atoms with Crippen LogP contribution in [0.25, 0.3) is 44.1 Å². The lowest BCUT2D eigenvalue weighted by molar-refractivity contribution is 0.415. The maximum Gasteiger partial charge on any atom is 0.120 e. The van der Waals surface area contributed by atoms with Gasteiger partial charge < -0.3 is 9.72 Å². The third kappa shape index (κ3) is 2.14. The maximum atomic E-state index is 5.51. The first-order valence-corrected chi connectivity index (χ1v) is 8.43. The van der Waals surface area contributed by atoms with Gasteiger partial charge in [-0.3, -0.25) is 4.98 Å². The number of imidazole rings is 1. The molecule has 26 heavy (non-hydrogen) atoms. The van der Waals surface area contributed by atoms with Crippen LogP contribution in [0.15, 0.2) is 54.7 Å². The number of ether oxygens (including phenoxy) is 1. The van der Waals surface area contributed by atoms with Gasteiger partial charge in [0.25, 0.3) is 0 Å². The van der Waals surface area contributed by atoms with Gasteiger partial charge in [0.2, 0.25) is 0 Å². The standard InChI is InChI=1S/C21H16N4O/c1-12-23-19-15-7-3-4-8-17(15)25-20(21(19)24-12)16-11-14(26-2)10-13-6-5-9-22-18(13)16/h3-11H,1-2H3,(H,23,24). The Balaban J connectivity index is 1.97. The summed E-state index contributed by atoms with van der Waals surface area (Å²) in [6, 6.07) is 16.0. The van der Waals surface area contributed by atoms with Gasteiger partial charge in [0, 0.05) is 22.5 Å². The summed E-state index contributed by atoms with van der Waals surface area (Å²) in [5, 5.41) is 2.05. The minimum absolute atomic E-state index is 0.778. The van der Waals surface area contributed by atoms with Crippen molar-refractivity contribution in [2.45, 2.75) is 6.92 Å². The number of H-pyrrole nitrogens is 1. The van der Waals surface area contributed by atoms with E-state index in [9.17, 15) is 0 Å². The molecule has 0 spiro atoms. The zero-order chi connectivity index (χ0) is 17.7. The van der Waals surface area contributed by atoms with Gasteiger partial charge in [0.15, 0.2) is 0 Å². The average molecular weight is 340 g/mol. The Morgan fingerprint density at radius 1 is 0.962 bits per heavy atom. The highest BCUT2D eigenvalue weighted by atomic mass is 16.5. The smallest absolute Gasteiger partial charge is 0.120 e. The molecule has 126 valence electrons. The molecule has 0 radical (unpaired) electrons. The van der Waals surface area contributed by atoms with Crippen LogP contribution < -0.4 is 4.74 Å². The zero-order valence-electron chi connectivity index (χ0n) is 14.4. The van der Waals surface area contributed by atoms with E-state index in [1.165, 1.54) is 0 Å². The summed E-state index contributed by atoms with van der Waals surface area (Å²) in [7, 11) is 1.67. The molecule has 0 saturated carbocycles. The van der Waals surface area contributed by atoms with Gasteiger partial charge in [-0.2, -0.15) is 0 Å². The highest BCUT2D eigenvalue weighted by Gasteiger charge is 2.17. The van der Waals surface area contributed by atoms with E-state index in [2.05, 4.69) is 16.0 Å². The summed E-state index contributed by atoms with van der Waals surface area (Å²) in [5.41, 5.74) is 5.41. The van der Waals surface area contributed by atoms with Crippen molar-refractivity contribution in [1.29, 1.82) is 0 Å². The number of nitrogens with zero attached hydrogens (tertiary/aromatic N) is 3. The number of rotatable bonds is 2. The highest BCUT2D eigenvalue weighted by molar-refractivity contribution is 6.10. The second kappa shape index (κ2) is 5.52. The van der Waals surface area contributed by atoms with E-state index in [4.69, 9.17) is 14.7 Å². The molecular formula is C21H16N4O. The van der Waals surface area contributed by atoms with E-state index < -0.39 is 0 Å². The number of nitrogens with one attached hydrogen (secondary N) is 1. The Morgan fingerprint density at radius 3 is 2.73 bits per heavy atom. The normalized spacial score (nSPS) is 11.5. The fourth-order valence-corrected chi connectivity index (χ4v) is 3.46. The van der Waals surface area contributed by atoms with Gasteiger partial charge in [0.05, 0.1) is 29.4 Å². The van der Waals surface area contributed by atoms with Crippen LogP contribution in [-0.2, 0) is 0 Å². The molecule has 5 heteroatoms. The van der Waals surface area contributed by atoms with Crippen LogP contribution in [0.5, 0.6) is 5.75 Å². The van der Waals surface area contributed by atoms with Crippen molar-refractivity contribution in [3.05, 3.63) is 60.6 Å². The van der Waals surface area contributed by atoms with Crippen LogP contribution in [0.4, 0.5) is 0 Å². The summed E-state index contributed by atoms with van der Waals surface area (Å²) in [6.45, 7) is 1.96. The molecule has 5 aromatic rings. The van der Waals surface area contributed by atoms with Gasteiger partial charge in [-0.05, 0) is 31.2 Å². The van der Waals surface area contributed by atoms with E-state index in [0.717, 1.165) is 55.7 Å². The fourth-order valence-electron chi connectivity index (χ4n) is 3.46.